The van der Waals surface area contributed by atoms with Crippen molar-refractivity contribution >= 4 is 23.7 Å². The maximum absolute atomic E-state index is 13.4. The van der Waals surface area contributed by atoms with Gasteiger partial charge in [0.25, 0.3) is 0 Å². The number of nitrogens with zero attached hydrogens (tertiary/aromatic N) is 1. The molecule has 0 aliphatic heterocycles. The van der Waals surface area contributed by atoms with Crippen LogP contribution in [0.15, 0.2) is 0 Å². The van der Waals surface area contributed by atoms with Gasteiger partial charge in [0.05, 0.1) is 6.54 Å². The van der Waals surface area contributed by atoms with Gasteiger partial charge in [-0.05, 0) is 69.1 Å². The first kappa shape index (κ1) is 21.5. The molecule has 0 aromatic rings. The van der Waals surface area contributed by atoms with E-state index in [-0.39, 0.29) is 25.4 Å². The highest BCUT2D eigenvalue weighted by Gasteiger charge is 2.53. The van der Waals surface area contributed by atoms with Gasteiger partial charge in [0.15, 0.2) is 0 Å². The highest BCUT2D eigenvalue weighted by atomic mass is 16.4. The fourth-order valence-corrected chi connectivity index (χ4v) is 6.12. The summed E-state index contributed by atoms with van der Waals surface area (Å²) < 4.78 is 0. The van der Waals surface area contributed by atoms with E-state index >= 15 is 0 Å². The number of primary amides is 1. The quantitative estimate of drug-likeness (QED) is 0.415. The van der Waals surface area contributed by atoms with Crippen LogP contribution < -0.4 is 16.8 Å². The Hall–Kier alpha value is -2.16. The molecule has 4 aliphatic carbocycles. The second kappa shape index (κ2) is 8.69. The number of carbonyl (C=O) groups excluding carboxylic acids is 3. The molecule has 4 aliphatic rings. The molecule has 0 unspecified atom stereocenters. The largest absolute Gasteiger partial charge is 0.481 e. The fourth-order valence-electron chi connectivity index (χ4n) is 6.12. The molecule has 9 heteroatoms. The third-order valence-electron chi connectivity index (χ3n) is 6.98. The van der Waals surface area contributed by atoms with Crippen LogP contribution in [0.25, 0.3) is 0 Å². The van der Waals surface area contributed by atoms with Crippen LogP contribution in [0.5, 0.6) is 0 Å². The summed E-state index contributed by atoms with van der Waals surface area (Å²) in [6, 6.07) is -2.01. The molecule has 9 nitrogen and oxygen atoms in total. The lowest BCUT2D eigenvalue weighted by atomic mass is 9.53. The molecule has 4 fully saturated rings. The minimum Gasteiger partial charge on any atom is -0.481 e. The van der Waals surface area contributed by atoms with Gasteiger partial charge in [-0.1, -0.05) is 0 Å². The molecule has 4 rings (SSSR count). The topological polar surface area (TPSA) is 156 Å². The van der Waals surface area contributed by atoms with Crippen molar-refractivity contribution < 1.29 is 24.3 Å². The smallest absolute Gasteiger partial charge is 0.303 e. The Balaban J connectivity index is 1.90. The van der Waals surface area contributed by atoms with E-state index in [1.807, 2.05) is 0 Å². The summed E-state index contributed by atoms with van der Waals surface area (Å²) in [5, 5.41) is 11.7. The Morgan fingerprint density at radius 1 is 1.07 bits per heavy atom. The van der Waals surface area contributed by atoms with Crippen molar-refractivity contribution in [3.05, 3.63) is 0 Å². The van der Waals surface area contributed by atoms with Crippen LogP contribution in [-0.4, -0.2) is 58.4 Å². The molecule has 162 valence electrons. The van der Waals surface area contributed by atoms with Gasteiger partial charge in [0.1, 0.15) is 12.1 Å². The maximum atomic E-state index is 13.4. The number of carboxylic acids is 1. The Morgan fingerprint density at radius 2 is 1.62 bits per heavy atom. The molecule has 0 spiro atoms. The summed E-state index contributed by atoms with van der Waals surface area (Å²) in [6.07, 6.45) is 5.05. The molecular formula is C20H32N4O5. The molecule has 4 bridgehead atoms. The third kappa shape index (κ3) is 4.55. The number of nitrogens with one attached hydrogen (secondary N) is 1. The standard InChI is InChI=1S/C20H32N4O5/c1-10(23-16(25)9-21)20(29)24(15(19(22)28)2-3-17(26)27)18-13-5-11-4-12(7-13)8-14(18)6-11/h10-15,18H,2-9,21H2,1H3,(H2,22,28)(H,23,25)(H,26,27)/t10-,11?,12?,13?,14?,15-,18?/m0/s1. The average molecular weight is 408 g/mol. The highest BCUT2D eigenvalue weighted by Crippen LogP contribution is 2.55. The van der Waals surface area contributed by atoms with E-state index < -0.39 is 35.8 Å². The number of hydrogen-bond acceptors (Lipinski definition) is 5. The number of nitrogens with two attached hydrogens (primary N) is 2. The molecule has 2 atom stereocenters. The minimum absolute atomic E-state index is 0.0310. The van der Waals surface area contributed by atoms with Crippen LogP contribution in [0.2, 0.25) is 0 Å². The highest BCUT2D eigenvalue weighted by molar-refractivity contribution is 5.92. The zero-order valence-corrected chi connectivity index (χ0v) is 16.9. The lowest BCUT2D eigenvalue weighted by Crippen LogP contribution is -2.65. The normalized spacial score (nSPS) is 31.7. The van der Waals surface area contributed by atoms with Gasteiger partial charge in [-0.15, -0.1) is 0 Å². The van der Waals surface area contributed by atoms with Gasteiger partial charge in [-0.25, -0.2) is 0 Å². The molecule has 6 N–H and O–H groups in total. The molecule has 4 saturated carbocycles. The van der Waals surface area contributed by atoms with E-state index in [4.69, 9.17) is 16.6 Å². The number of hydrogen-bond donors (Lipinski definition) is 4. The first-order valence-electron chi connectivity index (χ1n) is 10.5. The number of aliphatic carboxylic acids is 1. The van der Waals surface area contributed by atoms with E-state index in [1.165, 1.54) is 6.42 Å². The number of carboxylic acid groups (broad SMARTS) is 1. The van der Waals surface area contributed by atoms with Gasteiger partial charge in [-0.3, -0.25) is 19.2 Å². The first-order valence-corrected chi connectivity index (χ1v) is 10.5. The van der Waals surface area contributed by atoms with E-state index in [1.54, 1.807) is 11.8 Å². The van der Waals surface area contributed by atoms with E-state index in [2.05, 4.69) is 5.32 Å². The molecule has 3 amide bonds. The van der Waals surface area contributed by atoms with Gasteiger partial charge in [0, 0.05) is 12.5 Å². The van der Waals surface area contributed by atoms with Crippen LogP contribution in [0.4, 0.5) is 0 Å². The van der Waals surface area contributed by atoms with Crippen molar-refractivity contribution in [3.8, 4) is 0 Å². The Labute approximate surface area is 170 Å². The van der Waals surface area contributed by atoms with Gasteiger partial charge >= 0.3 is 5.97 Å². The van der Waals surface area contributed by atoms with E-state index in [0.29, 0.717) is 23.7 Å². The van der Waals surface area contributed by atoms with Crippen molar-refractivity contribution in [2.75, 3.05) is 6.54 Å². The predicted octanol–water partition coefficient (Wildman–Crippen LogP) is -0.178. The molecule has 0 aromatic heterocycles. The van der Waals surface area contributed by atoms with Crippen LogP contribution >= 0.6 is 0 Å². The molecular weight excluding hydrogens is 376 g/mol. The predicted molar refractivity (Wildman–Crippen MR) is 104 cm³/mol. The molecule has 0 radical (unpaired) electrons. The summed E-state index contributed by atoms with van der Waals surface area (Å²) >= 11 is 0. The zero-order valence-electron chi connectivity index (χ0n) is 16.9. The zero-order chi connectivity index (χ0) is 21.3. The molecule has 29 heavy (non-hydrogen) atoms. The Kier molecular flexibility index (Phi) is 6.45. The summed E-state index contributed by atoms with van der Waals surface area (Å²) in [4.78, 5) is 50.1. The maximum Gasteiger partial charge on any atom is 0.303 e. The molecule has 0 saturated heterocycles. The molecule has 0 aromatic carbocycles. The summed E-state index contributed by atoms with van der Waals surface area (Å²) in [5.74, 6) is -0.671. The van der Waals surface area contributed by atoms with E-state index in [0.717, 1.165) is 25.7 Å². The number of carbonyl (C=O) groups is 4. The number of rotatable bonds is 9. The Morgan fingerprint density at radius 3 is 2.07 bits per heavy atom. The van der Waals surface area contributed by atoms with Gasteiger partial charge < -0.3 is 26.8 Å². The summed E-state index contributed by atoms with van der Waals surface area (Å²) in [6.45, 7) is 1.32. The van der Waals surface area contributed by atoms with Crippen LogP contribution in [0.1, 0.15) is 51.9 Å². The van der Waals surface area contributed by atoms with Crippen LogP contribution in [-0.2, 0) is 19.2 Å². The first-order chi connectivity index (χ1) is 13.7. The van der Waals surface area contributed by atoms with Crippen molar-refractivity contribution in [2.45, 2.75) is 70.0 Å². The second-order valence-corrected chi connectivity index (χ2v) is 9.01. The van der Waals surface area contributed by atoms with Crippen molar-refractivity contribution in [1.29, 1.82) is 0 Å². The Bertz CT molecular complexity index is 654. The van der Waals surface area contributed by atoms with Crippen molar-refractivity contribution in [1.82, 2.24) is 10.2 Å². The molecule has 0 heterocycles. The lowest BCUT2D eigenvalue weighted by molar-refractivity contribution is -0.156. The van der Waals surface area contributed by atoms with Gasteiger partial charge in [0.2, 0.25) is 17.7 Å². The fraction of sp³-hybridized carbons (Fsp3) is 0.800. The van der Waals surface area contributed by atoms with Gasteiger partial charge in [-0.2, -0.15) is 0 Å². The second-order valence-electron chi connectivity index (χ2n) is 9.01. The summed E-state index contributed by atoms with van der Waals surface area (Å²) in [5.41, 5.74) is 11.0. The minimum atomic E-state index is -1.04. The lowest BCUT2D eigenvalue weighted by Gasteiger charge is -2.58. The van der Waals surface area contributed by atoms with Crippen LogP contribution in [0, 0.1) is 23.7 Å². The van der Waals surface area contributed by atoms with E-state index in [9.17, 15) is 19.2 Å². The van der Waals surface area contributed by atoms with Crippen LogP contribution in [0.3, 0.4) is 0 Å². The monoisotopic (exact) mass is 408 g/mol. The average Bonchev–Trinajstić information content (AvgIpc) is 2.64. The van der Waals surface area contributed by atoms with Crippen molar-refractivity contribution in [2.24, 2.45) is 35.1 Å². The third-order valence-corrected chi connectivity index (χ3v) is 6.98. The number of amides is 3. The van der Waals surface area contributed by atoms with Crippen molar-refractivity contribution in [3.63, 3.8) is 0 Å². The SMILES string of the molecule is C[C@H](NC(=O)CN)C(=O)N(C1C2CC3CC(C2)CC1C3)[C@@H](CCC(=O)O)C(N)=O. The summed E-state index contributed by atoms with van der Waals surface area (Å²) in [7, 11) is 0.